The molecule has 0 aliphatic carbocycles. The topological polar surface area (TPSA) is 48.5 Å². The summed E-state index contributed by atoms with van der Waals surface area (Å²) < 4.78 is 41.4. The first-order chi connectivity index (χ1) is 13.3. The lowest BCUT2D eigenvalue weighted by Gasteiger charge is -2.34. The highest BCUT2D eigenvalue weighted by atomic mass is 79.9. The van der Waals surface area contributed by atoms with Crippen LogP contribution in [0.3, 0.4) is 0 Å². The van der Waals surface area contributed by atoms with E-state index in [1.54, 1.807) is 0 Å². The van der Waals surface area contributed by atoms with E-state index in [2.05, 4.69) is 38.1 Å². The van der Waals surface area contributed by atoms with Gasteiger partial charge in [0.2, 0.25) is 0 Å². The van der Waals surface area contributed by atoms with Gasteiger partial charge in [-0.05, 0) is 40.2 Å². The first-order valence-electron chi connectivity index (χ1n) is 8.83. The summed E-state index contributed by atoms with van der Waals surface area (Å²) in [5, 5.41) is 2.52. The molecule has 0 spiro atoms. The summed E-state index contributed by atoms with van der Waals surface area (Å²) in [6.45, 7) is 6.46. The van der Waals surface area contributed by atoms with Crippen LogP contribution < -0.4 is 5.32 Å². The molecule has 1 N–H and O–H groups in total. The van der Waals surface area contributed by atoms with Gasteiger partial charge in [0.15, 0.2) is 3.92 Å². The number of hydrogen-bond acceptors (Lipinski definition) is 5. The Bertz CT molecular complexity index is 834. The van der Waals surface area contributed by atoms with Gasteiger partial charge in [-0.3, -0.25) is 9.69 Å². The summed E-state index contributed by atoms with van der Waals surface area (Å²) in [5.74, 6) is -0.486. The maximum atomic E-state index is 13.6. The van der Waals surface area contributed by atoms with E-state index >= 15 is 0 Å². The van der Waals surface area contributed by atoms with Crippen molar-refractivity contribution in [1.29, 1.82) is 0 Å². The maximum Gasteiger partial charge on any atom is 0.416 e. The van der Waals surface area contributed by atoms with Gasteiger partial charge in [0.05, 0.1) is 11.8 Å². The van der Waals surface area contributed by atoms with Gasteiger partial charge in [0, 0.05) is 38.4 Å². The minimum Gasteiger partial charge on any atom is -0.321 e. The number of carbonyl (C=O) groups excluding carboxylic acids is 1. The maximum absolute atomic E-state index is 13.6. The molecule has 0 atom stereocenters. The fraction of sp³-hybridized carbons (Fsp3) is 0.444. The summed E-state index contributed by atoms with van der Waals surface area (Å²) in [6.07, 6.45) is -3.12. The Labute approximate surface area is 173 Å². The van der Waals surface area contributed by atoms with Crippen LogP contribution in [0.2, 0.25) is 0 Å². The van der Waals surface area contributed by atoms with Crippen LogP contribution in [-0.2, 0) is 12.7 Å². The number of hydrogen-bond donors (Lipinski definition) is 1. The third kappa shape index (κ3) is 5.31. The number of rotatable bonds is 5. The van der Waals surface area contributed by atoms with Crippen LogP contribution in [0.5, 0.6) is 0 Å². The summed E-state index contributed by atoms with van der Waals surface area (Å²) in [5.41, 5.74) is -0.383. The molecular weight excluding hydrogens is 457 g/mol. The number of nitrogens with zero attached hydrogens (tertiary/aromatic N) is 3. The number of amides is 1. The monoisotopic (exact) mass is 476 g/mol. The first kappa shape index (κ1) is 21.2. The number of anilines is 1. The Morgan fingerprint density at radius 2 is 1.93 bits per heavy atom. The number of halogens is 4. The molecule has 1 fully saturated rings. The summed E-state index contributed by atoms with van der Waals surface area (Å²) in [6, 6.07) is 3.97. The number of thiazole rings is 1. The third-order valence-electron chi connectivity index (χ3n) is 4.68. The highest BCUT2D eigenvalue weighted by Crippen LogP contribution is 2.35. The number of alkyl halides is 3. The molecule has 3 rings (SSSR count). The van der Waals surface area contributed by atoms with Gasteiger partial charge in [0.25, 0.3) is 5.91 Å². The second kappa shape index (κ2) is 8.89. The van der Waals surface area contributed by atoms with Gasteiger partial charge < -0.3 is 10.2 Å². The molecule has 152 valence electrons. The van der Waals surface area contributed by atoms with Crippen molar-refractivity contribution < 1.29 is 18.0 Å². The van der Waals surface area contributed by atoms with Crippen molar-refractivity contribution in [3.05, 3.63) is 44.3 Å². The molecule has 0 saturated carbocycles. The predicted octanol–water partition coefficient (Wildman–Crippen LogP) is 4.31. The summed E-state index contributed by atoms with van der Waals surface area (Å²) >= 11 is 4.27. The number of nitrogens with one attached hydrogen (secondary N) is 1. The molecule has 10 heteroatoms. The Hall–Kier alpha value is -1.49. The van der Waals surface area contributed by atoms with E-state index in [4.69, 9.17) is 0 Å². The zero-order valence-corrected chi connectivity index (χ0v) is 17.6. The fourth-order valence-electron chi connectivity index (χ4n) is 3.11. The molecule has 0 unspecified atom stereocenters. The van der Waals surface area contributed by atoms with Crippen LogP contribution in [0.1, 0.15) is 27.7 Å². The van der Waals surface area contributed by atoms with E-state index < -0.39 is 17.6 Å². The number of benzene rings is 1. The Morgan fingerprint density at radius 1 is 1.25 bits per heavy atom. The highest BCUT2D eigenvalue weighted by Gasteiger charge is 2.34. The van der Waals surface area contributed by atoms with Crippen LogP contribution >= 0.6 is 27.3 Å². The van der Waals surface area contributed by atoms with Crippen molar-refractivity contribution in [3.8, 4) is 0 Å². The first-order valence-corrected chi connectivity index (χ1v) is 10.4. The molecule has 1 aliphatic heterocycles. The van der Waals surface area contributed by atoms with Gasteiger partial charge in [-0.25, -0.2) is 4.98 Å². The van der Waals surface area contributed by atoms with Crippen molar-refractivity contribution in [2.45, 2.75) is 19.6 Å². The molecular formula is C18H20BrF3N4OS. The fourth-order valence-corrected chi connectivity index (χ4v) is 4.27. The van der Waals surface area contributed by atoms with Crippen LogP contribution in [0.25, 0.3) is 0 Å². The van der Waals surface area contributed by atoms with Crippen molar-refractivity contribution in [3.63, 3.8) is 0 Å². The van der Waals surface area contributed by atoms with Gasteiger partial charge >= 0.3 is 6.18 Å². The van der Waals surface area contributed by atoms with Crippen LogP contribution in [0.15, 0.2) is 28.3 Å². The average Bonchev–Trinajstić information content (AvgIpc) is 3.09. The average molecular weight is 477 g/mol. The SMILES string of the molecule is CCN1CCN(Cc2ccc(NC(=O)c3cnc(Br)s3)cc2C(F)(F)F)CC1. The molecule has 1 amide bonds. The van der Waals surface area contributed by atoms with E-state index in [1.165, 1.54) is 18.3 Å². The Kier molecular flexibility index (Phi) is 6.74. The predicted molar refractivity (Wildman–Crippen MR) is 107 cm³/mol. The molecule has 0 radical (unpaired) electrons. The third-order valence-corrected chi connectivity index (χ3v) is 6.16. The second-order valence-corrected chi connectivity index (χ2v) is 8.82. The molecule has 1 saturated heterocycles. The van der Waals surface area contributed by atoms with E-state index in [9.17, 15) is 18.0 Å². The normalized spacial score (nSPS) is 16.3. The molecule has 1 aromatic heterocycles. The van der Waals surface area contributed by atoms with Gasteiger partial charge in [0.1, 0.15) is 4.88 Å². The number of piperazine rings is 1. The number of aromatic nitrogens is 1. The summed E-state index contributed by atoms with van der Waals surface area (Å²) in [7, 11) is 0. The second-order valence-electron chi connectivity index (χ2n) is 6.51. The lowest BCUT2D eigenvalue weighted by Crippen LogP contribution is -2.45. The number of carbonyl (C=O) groups is 1. The smallest absolute Gasteiger partial charge is 0.321 e. The van der Waals surface area contributed by atoms with E-state index in [0.717, 1.165) is 50.1 Å². The van der Waals surface area contributed by atoms with Crippen LogP contribution in [-0.4, -0.2) is 53.4 Å². The quantitative estimate of drug-likeness (QED) is 0.698. The lowest BCUT2D eigenvalue weighted by molar-refractivity contribution is -0.138. The van der Waals surface area contributed by atoms with Gasteiger partial charge in [-0.1, -0.05) is 13.0 Å². The van der Waals surface area contributed by atoms with E-state index in [-0.39, 0.29) is 17.8 Å². The van der Waals surface area contributed by atoms with E-state index in [1.807, 2.05) is 4.90 Å². The van der Waals surface area contributed by atoms with Crippen LogP contribution in [0, 0.1) is 0 Å². The molecule has 2 aromatic rings. The van der Waals surface area contributed by atoms with Gasteiger partial charge in [-0.15, -0.1) is 11.3 Å². The molecule has 0 bridgehead atoms. The molecule has 5 nitrogen and oxygen atoms in total. The van der Waals surface area contributed by atoms with Crippen molar-refractivity contribution in [2.75, 3.05) is 38.0 Å². The Balaban J connectivity index is 1.75. The highest BCUT2D eigenvalue weighted by molar-refractivity contribution is 9.11. The van der Waals surface area contributed by atoms with Crippen molar-refractivity contribution in [2.24, 2.45) is 0 Å². The van der Waals surface area contributed by atoms with Crippen molar-refractivity contribution >= 4 is 38.9 Å². The minimum absolute atomic E-state index is 0.112. The van der Waals surface area contributed by atoms with Crippen LogP contribution in [0.4, 0.5) is 18.9 Å². The molecule has 2 heterocycles. The van der Waals surface area contributed by atoms with Gasteiger partial charge in [-0.2, -0.15) is 13.2 Å². The van der Waals surface area contributed by atoms with E-state index in [0.29, 0.717) is 8.79 Å². The number of likely N-dealkylation sites (N-methyl/N-ethyl adjacent to an activating group) is 1. The lowest BCUT2D eigenvalue weighted by atomic mass is 10.0. The summed E-state index contributed by atoms with van der Waals surface area (Å²) in [4.78, 5) is 20.7. The molecule has 28 heavy (non-hydrogen) atoms. The zero-order valence-electron chi connectivity index (χ0n) is 15.2. The largest absolute Gasteiger partial charge is 0.416 e. The minimum atomic E-state index is -4.49. The van der Waals surface area contributed by atoms with Crippen molar-refractivity contribution in [1.82, 2.24) is 14.8 Å². The molecule has 1 aliphatic rings. The standard InChI is InChI=1S/C18H20BrF3N4OS/c1-2-25-5-7-26(8-6-25)11-12-3-4-13(9-14(12)18(20,21)22)24-16(27)15-10-23-17(19)28-15/h3-4,9-10H,2,5-8,11H2,1H3,(H,24,27). The Morgan fingerprint density at radius 3 is 2.50 bits per heavy atom. The molecule has 1 aromatic carbocycles. The zero-order chi connectivity index (χ0) is 20.3.